The number of aliphatic carboxylic acids is 1. The molecule has 0 heterocycles. The fraction of sp³-hybridized carbons (Fsp3) is 0.769. The molecular formula is C13H25N3O4. The maximum atomic E-state index is 11.5. The van der Waals surface area contributed by atoms with E-state index in [2.05, 4.69) is 16.0 Å². The minimum atomic E-state index is -0.954. The predicted octanol–water partition coefficient (Wildman–Crippen LogP) is 0.701. The molecule has 1 unspecified atom stereocenters. The molecule has 0 bridgehead atoms. The van der Waals surface area contributed by atoms with Crippen LogP contribution >= 0.6 is 0 Å². The van der Waals surface area contributed by atoms with Gasteiger partial charge < -0.3 is 21.1 Å². The Morgan fingerprint density at radius 2 is 1.80 bits per heavy atom. The van der Waals surface area contributed by atoms with Gasteiger partial charge >= 0.3 is 12.0 Å². The summed E-state index contributed by atoms with van der Waals surface area (Å²) >= 11 is 0. The van der Waals surface area contributed by atoms with Crippen LogP contribution in [0, 0.1) is 5.92 Å². The molecule has 0 radical (unpaired) electrons. The number of nitrogens with one attached hydrogen (secondary N) is 3. The van der Waals surface area contributed by atoms with Gasteiger partial charge in [0, 0.05) is 25.6 Å². The van der Waals surface area contributed by atoms with Gasteiger partial charge in [0.05, 0.1) is 6.42 Å². The number of carboxylic acids is 1. The molecule has 0 aliphatic carbocycles. The van der Waals surface area contributed by atoms with Crippen molar-refractivity contribution in [3.63, 3.8) is 0 Å². The summed E-state index contributed by atoms with van der Waals surface area (Å²) in [7, 11) is 0. The summed E-state index contributed by atoms with van der Waals surface area (Å²) in [6, 6.07) is -0.850. The van der Waals surface area contributed by atoms with E-state index in [1.165, 1.54) is 0 Å². The highest BCUT2D eigenvalue weighted by molar-refractivity contribution is 5.78. The number of carbonyl (C=O) groups excluding carboxylic acids is 2. The van der Waals surface area contributed by atoms with Gasteiger partial charge in [-0.05, 0) is 12.3 Å². The van der Waals surface area contributed by atoms with E-state index in [-0.39, 0.29) is 25.3 Å². The Bertz CT molecular complexity index is 332. The van der Waals surface area contributed by atoms with Crippen LogP contribution in [0.2, 0.25) is 0 Å². The lowest BCUT2D eigenvalue weighted by atomic mass is 10.1. The van der Waals surface area contributed by atoms with Crippen LogP contribution in [0.15, 0.2) is 0 Å². The molecule has 7 nitrogen and oxygen atoms in total. The van der Waals surface area contributed by atoms with E-state index < -0.39 is 18.0 Å². The first kappa shape index (κ1) is 18.2. The number of hydrogen-bond acceptors (Lipinski definition) is 3. The SMILES string of the molecule is CCC(CC(=O)O)NC(=O)NCCC(=O)NCC(C)C. The molecule has 7 heteroatoms. The average Bonchev–Trinajstić information content (AvgIpc) is 2.34. The highest BCUT2D eigenvalue weighted by atomic mass is 16.4. The van der Waals surface area contributed by atoms with Crippen molar-refractivity contribution in [3.8, 4) is 0 Å². The van der Waals surface area contributed by atoms with Gasteiger partial charge in [-0.3, -0.25) is 9.59 Å². The van der Waals surface area contributed by atoms with E-state index in [0.29, 0.717) is 18.9 Å². The summed E-state index contributed by atoms with van der Waals surface area (Å²) in [5.74, 6) is -0.682. The van der Waals surface area contributed by atoms with Gasteiger partial charge in [-0.15, -0.1) is 0 Å². The molecule has 1 atom stereocenters. The fourth-order valence-corrected chi connectivity index (χ4v) is 1.44. The molecule has 0 saturated carbocycles. The van der Waals surface area contributed by atoms with Crippen molar-refractivity contribution in [3.05, 3.63) is 0 Å². The van der Waals surface area contributed by atoms with E-state index in [1.807, 2.05) is 13.8 Å². The van der Waals surface area contributed by atoms with Gasteiger partial charge in [-0.1, -0.05) is 20.8 Å². The second-order valence-corrected chi connectivity index (χ2v) is 5.05. The molecule has 0 aliphatic rings. The van der Waals surface area contributed by atoms with Gasteiger partial charge in [0.25, 0.3) is 0 Å². The molecule has 0 rings (SSSR count). The number of amides is 3. The van der Waals surface area contributed by atoms with Crippen LogP contribution < -0.4 is 16.0 Å². The first-order valence-electron chi connectivity index (χ1n) is 6.88. The smallest absolute Gasteiger partial charge is 0.315 e. The minimum absolute atomic E-state index is 0.112. The highest BCUT2D eigenvalue weighted by Gasteiger charge is 2.13. The maximum Gasteiger partial charge on any atom is 0.315 e. The molecule has 116 valence electrons. The van der Waals surface area contributed by atoms with Crippen LogP contribution in [-0.4, -0.2) is 42.1 Å². The van der Waals surface area contributed by atoms with E-state index in [4.69, 9.17) is 5.11 Å². The van der Waals surface area contributed by atoms with Crippen molar-refractivity contribution >= 4 is 17.9 Å². The van der Waals surface area contributed by atoms with Crippen LogP contribution in [-0.2, 0) is 9.59 Å². The second-order valence-electron chi connectivity index (χ2n) is 5.05. The Labute approximate surface area is 119 Å². The first-order chi connectivity index (χ1) is 9.35. The third kappa shape index (κ3) is 10.2. The molecule has 4 N–H and O–H groups in total. The molecule has 0 spiro atoms. The molecule has 0 aromatic heterocycles. The zero-order chi connectivity index (χ0) is 15.5. The van der Waals surface area contributed by atoms with E-state index in [1.54, 1.807) is 6.92 Å². The topological polar surface area (TPSA) is 108 Å². The van der Waals surface area contributed by atoms with Crippen LogP contribution in [0.4, 0.5) is 4.79 Å². The standard InChI is InChI=1S/C13H25N3O4/c1-4-10(7-12(18)19)16-13(20)14-6-5-11(17)15-8-9(2)3/h9-10H,4-8H2,1-3H3,(H,15,17)(H,18,19)(H2,14,16,20). The third-order valence-corrected chi connectivity index (χ3v) is 2.59. The van der Waals surface area contributed by atoms with Crippen molar-refractivity contribution in [2.75, 3.05) is 13.1 Å². The average molecular weight is 287 g/mol. The summed E-state index contributed by atoms with van der Waals surface area (Å²) in [4.78, 5) is 33.4. The zero-order valence-electron chi connectivity index (χ0n) is 12.4. The number of hydrogen-bond donors (Lipinski definition) is 4. The molecular weight excluding hydrogens is 262 g/mol. The number of carboxylic acid groups (broad SMARTS) is 1. The third-order valence-electron chi connectivity index (χ3n) is 2.59. The number of rotatable bonds is 9. The Morgan fingerprint density at radius 3 is 2.30 bits per heavy atom. The Hall–Kier alpha value is -1.79. The van der Waals surface area contributed by atoms with E-state index >= 15 is 0 Å². The maximum absolute atomic E-state index is 11.5. The zero-order valence-corrected chi connectivity index (χ0v) is 12.4. The molecule has 0 aromatic carbocycles. The molecule has 0 aromatic rings. The van der Waals surface area contributed by atoms with Crippen molar-refractivity contribution in [1.29, 1.82) is 0 Å². The fourth-order valence-electron chi connectivity index (χ4n) is 1.44. The van der Waals surface area contributed by atoms with E-state index in [9.17, 15) is 14.4 Å². The largest absolute Gasteiger partial charge is 0.481 e. The summed E-state index contributed by atoms with van der Waals surface area (Å²) < 4.78 is 0. The van der Waals surface area contributed by atoms with Crippen molar-refractivity contribution in [1.82, 2.24) is 16.0 Å². The van der Waals surface area contributed by atoms with Crippen molar-refractivity contribution in [2.24, 2.45) is 5.92 Å². The van der Waals surface area contributed by atoms with Gasteiger partial charge in [0.2, 0.25) is 5.91 Å². The van der Waals surface area contributed by atoms with Crippen LogP contribution in [0.5, 0.6) is 0 Å². The molecule has 0 aliphatic heterocycles. The van der Waals surface area contributed by atoms with Crippen LogP contribution in [0.1, 0.15) is 40.0 Å². The lowest BCUT2D eigenvalue weighted by Gasteiger charge is -2.15. The van der Waals surface area contributed by atoms with Gasteiger partial charge in [0.15, 0.2) is 0 Å². The molecule has 0 saturated heterocycles. The summed E-state index contributed by atoms with van der Waals surface area (Å²) in [5, 5.41) is 16.5. The van der Waals surface area contributed by atoms with Gasteiger partial charge in [0.1, 0.15) is 0 Å². The minimum Gasteiger partial charge on any atom is -0.481 e. The van der Waals surface area contributed by atoms with Crippen LogP contribution in [0.25, 0.3) is 0 Å². The molecule has 3 amide bonds. The quantitative estimate of drug-likeness (QED) is 0.500. The number of carbonyl (C=O) groups is 3. The lowest BCUT2D eigenvalue weighted by molar-refractivity contribution is -0.137. The second kappa shape index (κ2) is 10.1. The van der Waals surface area contributed by atoms with Crippen molar-refractivity contribution < 1.29 is 19.5 Å². The Balaban J connectivity index is 3.81. The number of urea groups is 1. The summed E-state index contributed by atoms with van der Waals surface area (Å²) in [6.45, 7) is 6.63. The Morgan fingerprint density at radius 1 is 1.15 bits per heavy atom. The van der Waals surface area contributed by atoms with E-state index in [0.717, 1.165) is 0 Å². The highest BCUT2D eigenvalue weighted by Crippen LogP contribution is 1.97. The molecule has 0 fully saturated rings. The Kier molecular flexibility index (Phi) is 9.15. The lowest BCUT2D eigenvalue weighted by Crippen LogP contribution is -2.43. The van der Waals surface area contributed by atoms with Crippen molar-refractivity contribution in [2.45, 2.75) is 46.1 Å². The predicted molar refractivity (Wildman–Crippen MR) is 75.3 cm³/mol. The monoisotopic (exact) mass is 287 g/mol. The van der Waals surface area contributed by atoms with Crippen LogP contribution in [0.3, 0.4) is 0 Å². The summed E-state index contributed by atoms with van der Waals surface area (Å²) in [5.41, 5.74) is 0. The first-order valence-corrected chi connectivity index (χ1v) is 6.88. The normalized spacial score (nSPS) is 11.8. The van der Waals surface area contributed by atoms with Gasteiger partial charge in [-0.2, -0.15) is 0 Å². The summed E-state index contributed by atoms with van der Waals surface area (Å²) in [6.07, 6.45) is 0.628. The van der Waals surface area contributed by atoms with Gasteiger partial charge in [-0.25, -0.2) is 4.79 Å². The molecule has 20 heavy (non-hydrogen) atoms.